The SMILES string of the molecule is C=C/C(NC)=C(\C=C)NC. The number of likely N-dealkylation sites (N-methyl/N-ethyl adjacent to an activating group) is 2. The fourth-order valence-electron chi connectivity index (χ4n) is 0.693. The lowest BCUT2D eigenvalue weighted by molar-refractivity contribution is 0.935. The van der Waals surface area contributed by atoms with Crippen molar-refractivity contribution < 1.29 is 0 Å². The van der Waals surface area contributed by atoms with Crippen LogP contribution in [0.15, 0.2) is 36.7 Å². The number of rotatable bonds is 4. The maximum atomic E-state index is 3.64. The van der Waals surface area contributed by atoms with Gasteiger partial charge < -0.3 is 10.6 Å². The van der Waals surface area contributed by atoms with Crippen molar-refractivity contribution in [2.75, 3.05) is 14.1 Å². The van der Waals surface area contributed by atoms with E-state index < -0.39 is 0 Å². The van der Waals surface area contributed by atoms with Gasteiger partial charge in [0.15, 0.2) is 0 Å². The van der Waals surface area contributed by atoms with Gasteiger partial charge >= 0.3 is 0 Å². The molecule has 0 atom stereocenters. The summed E-state index contributed by atoms with van der Waals surface area (Å²) in [5.41, 5.74) is 1.91. The topological polar surface area (TPSA) is 24.1 Å². The molecular formula is C8H14N2. The highest BCUT2D eigenvalue weighted by Crippen LogP contribution is 1.97. The third-order valence-corrected chi connectivity index (χ3v) is 1.24. The monoisotopic (exact) mass is 138 g/mol. The lowest BCUT2D eigenvalue weighted by Gasteiger charge is -2.06. The van der Waals surface area contributed by atoms with E-state index in [1.165, 1.54) is 0 Å². The van der Waals surface area contributed by atoms with Gasteiger partial charge in [-0.15, -0.1) is 0 Å². The molecule has 0 saturated carbocycles. The average molecular weight is 138 g/mol. The second-order valence-corrected chi connectivity index (χ2v) is 1.74. The smallest absolute Gasteiger partial charge is 0.0567 e. The molecule has 0 heterocycles. The van der Waals surface area contributed by atoms with Crippen LogP contribution in [0.2, 0.25) is 0 Å². The fourth-order valence-corrected chi connectivity index (χ4v) is 0.693. The molecule has 0 spiro atoms. The quantitative estimate of drug-likeness (QED) is 0.566. The van der Waals surface area contributed by atoms with E-state index in [4.69, 9.17) is 0 Å². The lowest BCUT2D eigenvalue weighted by Crippen LogP contribution is -2.13. The highest BCUT2D eigenvalue weighted by atomic mass is 14.9. The standard InChI is InChI=1S/C8H14N2/c1-5-7(9-3)8(6-2)10-4/h5-6,9-10H,1-2H2,3-4H3/b8-7-. The van der Waals surface area contributed by atoms with Crippen LogP contribution in [0.4, 0.5) is 0 Å². The molecular weight excluding hydrogens is 124 g/mol. The zero-order valence-corrected chi connectivity index (χ0v) is 6.57. The molecule has 0 aromatic heterocycles. The predicted molar refractivity (Wildman–Crippen MR) is 45.5 cm³/mol. The van der Waals surface area contributed by atoms with Gasteiger partial charge in [-0.1, -0.05) is 13.2 Å². The first-order valence-electron chi connectivity index (χ1n) is 3.14. The van der Waals surface area contributed by atoms with E-state index >= 15 is 0 Å². The predicted octanol–water partition coefficient (Wildman–Crippen LogP) is 1.01. The molecule has 0 fully saturated rings. The third-order valence-electron chi connectivity index (χ3n) is 1.24. The van der Waals surface area contributed by atoms with Crippen LogP contribution < -0.4 is 10.6 Å². The van der Waals surface area contributed by atoms with Crippen molar-refractivity contribution >= 4 is 0 Å². The average Bonchev–Trinajstić information content (AvgIpc) is 2.00. The highest BCUT2D eigenvalue weighted by Gasteiger charge is 1.92. The molecule has 10 heavy (non-hydrogen) atoms. The van der Waals surface area contributed by atoms with Crippen LogP contribution in [0.5, 0.6) is 0 Å². The maximum Gasteiger partial charge on any atom is 0.0567 e. The highest BCUT2D eigenvalue weighted by molar-refractivity contribution is 5.27. The van der Waals surface area contributed by atoms with Crippen LogP contribution in [0.25, 0.3) is 0 Å². The molecule has 0 unspecified atom stereocenters. The molecule has 2 heteroatoms. The summed E-state index contributed by atoms with van der Waals surface area (Å²) in [6.07, 6.45) is 3.49. The zero-order valence-electron chi connectivity index (χ0n) is 6.57. The zero-order chi connectivity index (χ0) is 7.98. The van der Waals surface area contributed by atoms with Gasteiger partial charge in [-0.25, -0.2) is 0 Å². The number of allylic oxidation sites excluding steroid dienone is 2. The second-order valence-electron chi connectivity index (χ2n) is 1.74. The minimum Gasteiger partial charge on any atom is -0.386 e. The summed E-state index contributed by atoms with van der Waals surface area (Å²) in [5.74, 6) is 0. The molecule has 56 valence electrons. The Morgan fingerprint density at radius 2 is 1.30 bits per heavy atom. The van der Waals surface area contributed by atoms with Gasteiger partial charge in [0, 0.05) is 14.1 Å². The van der Waals surface area contributed by atoms with Crippen LogP contribution in [0.3, 0.4) is 0 Å². The van der Waals surface area contributed by atoms with Gasteiger partial charge in [0.05, 0.1) is 11.4 Å². The summed E-state index contributed by atoms with van der Waals surface area (Å²) in [7, 11) is 3.69. The molecule has 0 aromatic rings. The first kappa shape index (κ1) is 8.82. The van der Waals surface area contributed by atoms with E-state index in [0.717, 1.165) is 11.4 Å². The largest absolute Gasteiger partial charge is 0.386 e. The van der Waals surface area contributed by atoms with Crippen molar-refractivity contribution in [3.8, 4) is 0 Å². The molecule has 0 amide bonds. The number of nitrogens with one attached hydrogen (secondary N) is 2. The molecule has 0 aliphatic rings. The minimum atomic E-state index is 0.956. The summed E-state index contributed by atoms with van der Waals surface area (Å²) in [5, 5.41) is 5.96. The summed E-state index contributed by atoms with van der Waals surface area (Å²) in [4.78, 5) is 0. The Morgan fingerprint density at radius 3 is 1.40 bits per heavy atom. The summed E-state index contributed by atoms with van der Waals surface area (Å²) >= 11 is 0. The Hall–Kier alpha value is -1.18. The first-order chi connectivity index (χ1) is 4.79. The van der Waals surface area contributed by atoms with Gasteiger partial charge in [0.2, 0.25) is 0 Å². The Balaban J connectivity index is 4.50. The van der Waals surface area contributed by atoms with Crippen LogP contribution in [-0.2, 0) is 0 Å². The normalized spacial score (nSPS) is 11.4. The Bertz CT molecular complexity index is 139. The van der Waals surface area contributed by atoms with Gasteiger partial charge in [-0.05, 0) is 12.2 Å². The molecule has 0 aliphatic carbocycles. The van der Waals surface area contributed by atoms with Gasteiger partial charge in [0.1, 0.15) is 0 Å². The van der Waals surface area contributed by atoms with E-state index in [1.54, 1.807) is 12.2 Å². The van der Waals surface area contributed by atoms with Crippen molar-refractivity contribution in [1.82, 2.24) is 10.6 Å². The van der Waals surface area contributed by atoms with E-state index in [0.29, 0.717) is 0 Å². The summed E-state index contributed by atoms with van der Waals surface area (Å²) < 4.78 is 0. The van der Waals surface area contributed by atoms with Gasteiger partial charge in [-0.3, -0.25) is 0 Å². The van der Waals surface area contributed by atoms with Crippen LogP contribution in [0.1, 0.15) is 0 Å². The Labute approximate surface area is 62.3 Å². The Kier molecular flexibility index (Phi) is 4.12. The molecule has 0 aliphatic heterocycles. The van der Waals surface area contributed by atoms with Crippen molar-refractivity contribution in [1.29, 1.82) is 0 Å². The van der Waals surface area contributed by atoms with E-state index in [2.05, 4.69) is 23.8 Å². The third kappa shape index (κ3) is 1.97. The maximum absolute atomic E-state index is 3.64. The molecule has 2 nitrogen and oxygen atoms in total. The van der Waals surface area contributed by atoms with E-state index in [1.807, 2.05) is 14.1 Å². The Morgan fingerprint density at radius 1 is 1.00 bits per heavy atom. The second kappa shape index (κ2) is 4.68. The number of hydrogen-bond acceptors (Lipinski definition) is 2. The van der Waals surface area contributed by atoms with Crippen LogP contribution in [-0.4, -0.2) is 14.1 Å². The molecule has 0 rings (SSSR count). The summed E-state index contributed by atoms with van der Waals surface area (Å²) in [6.45, 7) is 7.28. The molecule has 2 N–H and O–H groups in total. The first-order valence-corrected chi connectivity index (χ1v) is 3.14. The molecule has 0 bridgehead atoms. The van der Waals surface area contributed by atoms with Gasteiger partial charge in [0.25, 0.3) is 0 Å². The van der Waals surface area contributed by atoms with Crippen molar-refractivity contribution in [2.45, 2.75) is 0 Å². The molecule has 0 radical (unpaired) electrons. The van der Waals surface area contributed by atoms with Crippen LogP contribution in [0, 0.1) is 0 Å². The van der Waals surface area contributed by atoms with Gasteiger partial charge in [-0.2, -0.15) is 0 Å². The van der Waals surface area contributed by atoms with Crippen LogP contribution >= 0.6 is 0 Å². The van der Waals surface area contributed by atoms with Crippen molar-refractivity contribution in [3.63, 3.8) is 0 Å². The summed E-state index contributed by atoms with van der Waals surface area (Å²) in [6, 6.07) is 0. The van der Waals surface area contributed by atoms with E-state index in [9.17, 15) is 0 Å². The van der Waals surface area contributed by atoms with Crippen molar-refractivity contribution in [3.05, 3.63) is 36.7 Å². The fraction of sp³-hybridized carbons (Fsp3) is 0.250. The van der Waals surface area contributed by atoms with E-state index in [-0.39, 0.29) is 0 Å². The lowest BCUT2D eigenvalue weighted by atomic mass is 10.3. The number of hydrogen-bond donors (Lipinski definition) is 2. The van der Waals surface area contributed by atoms with Crippen molar-refractivity contribution in [2.24, 2.45) is 0 Å². The molecule has 0 saturated heterocycles. The molecule has 0 aromatic carbocycles. The minimum absolute atomic E-state index is 0.956.